The van der Waals surface area contributed by atoms with E-state index >= 15 is 0 Å². The molecule has 148 valence electrons. The lowest BCUT2D eigenvalue weighted by atomic mass is 9.95. The summed E-state index contributed by atoms with van der Waals surface area (Å²) in [5.74, 6) is 0. The third-order valence-corrected chi connectivity index (χ3v) is 5.35. The Hall–Kier alpha value is -1.89. The van der Waals surface area contributed by atoms with Crippen molar-refractivity contribution in [1.82, 2.24) is 15.1 Å². The van der Waals surface area contributed by atoms with Gasteiger partial charge in [0.1, 0.15) is 0 Å². The fraction of sp³-hybridized carbons (Fsp3) is 0.571. The molecule has 6 heteroatoms. The first-order valence-electron chi connectivity index (χ1n) is 9.91. The fourth-order valence-corrected chi connectivity index (χ4v) is 3.61. The zero-order valence-electron chi connectivity index (χ0n) is 16.0. The van der Waals surface area contributed by atoms with E-state index in [1.807, 2.05) is 18.2 Å². The summed E-state index contributed by atoms with van der Waals surface area (Å²) in [5.41, 5.74) is 0.384. The lowest BCUT2D eigenvalue weighted by Gasteiger charge is -2.31. The predicted octanol–water partition coefficient (Wildman–Crippen LogP) is 1.96. The molecule has 2 heterocycles. The molecule has 0 bridgehead atoms. The first kappa shape index (κ1) is 19.9. The van der Waals surface area contributed by atoms with Crippen LogP contribution in [-0.2, 0) is 4.74 Å². The molecule has 2 fully saturated rings. The second-order valence-electron chi connectivity index (χ2n) is 7.45. The summed E-state index contributed by atoms with van der Waals surface area (Å²) in [6, 6.07) is 10.2. The zero-order chi connectivity index (χ0) is 19.0. The van der Waals surface area contributed by atoms with Crippen LogP contribution in [0.5, 0.6) is 0 Å². The van der Waals surface area contributed by atoms with Crippen LogP contribution in [0.15, 0.2) is 36.4 Å². The number of benzene rings is 1. The third-order valence-electron chi connectivity index (χ3n) is 5.35. The molecule has 2 N–H and O–H groups in total. The molecule has 0 aromatic heterocycles. The van der Waals surface area contributed by atoms with Gasteiger partial charge >= 0.3 is 6.03 Å². The Morgan fingerprint density at radius 2 is 1.93 bits per heavy atom. The average Bonchev–Trinajstić information content (AvgIpc) is 2.90. The van der Waals surface area contributed by atoms with Crippen LogP contribution in [0.3, 0.4) is 0 Å². The molecule has 2 amide bonds. The van der Waals surface area contributed by atoms with Crippen LogP contribution in [0.2, 0.25) is 0 Å². The summed E-state index contributed by atoms with van der Waals surface area (Å²) < 4.78 is 5.27. The van der Waals surface area contributed by atoms with E-state index in [0.717, 1.165) is 32.5 Å². The number of hydrogen-bond donors (Lipinski definition) is 2. The Balaban J connectivity index is 1.42. The minimum atomic E-state index is -0.820. The molecule has 0 radical (unpaired) electrons. The minimum Gasteiger partial charge on any atom is -0.388 e. The lowest BCUT2D eigenvalue weighted by Crippen LogP contribution is -2.51. The van der Waals surface area contributed by atoms with E-state index in [0.29, 0.717) is 39.3 Å². The molecule has 0 aliphatic carbocycles. The van der Waals surface area contributed by atoms with E-state index in [4.69, 9.17) is 4.74 Å². The molecule has 0 saturated carbocycles. The van der Waals surface area contributed by atoms with Crippen LogP contribution in [-0.4, -0.2) is 79.0 Å². The number of morpholine rings is 1. The zero-order valence-corrected chi connectivity index (χ0v) is 16.0. The SMILES string of the molecule is O=C(NC[C@]1(O)CCCN(C/C=C/c2ccccc2)CC1)N1CCOCC1. The van der Waals surface area contributed by atoms with Crippen molar-refractivity contribution in [3.63, 3.8) is 0 Å². The van der Waals surface area contributed by atoms with Gasteiger partial charge in [-0.15, -0.1) is 0 Å². The summed E-state index contributed by atoms with van der Waals surface area (Å²) in [4.78, 5) is 16.4. The number of nitrogens with one attached hydrogen (secondary N) is 1. The standard InChI is InChI=1S/C21H31N3O3/c25-20(24-14-16-27-17-15-24)22-18-21(26)9-5-12-23(13-10-21)11-4-8-19-6-2-1-3-7-19/h1-4,6-8,26H,5,9-18H2,(H,22,25)/b8-4+/t21-/m0/s1. The van der Waals surface area contributed by atoms with Gasteiger partial charge in [0, 0.05) is 32.7 Å². The van der Waals surface area contributed by atoms with Crippen LogP contribution < -0.4 is 5.32 Å². The highest BCUT2D eigenvalue weighted by Crippen LogP contribution is 2.22. The molecule has 1 aromatic rings. The first-order valence-corrected chi connectivity index (χ1v) is 9.91. The Morgan fingerprint density at radius 1 is 1.15 bits per heavy atom. The number of hydrogen-bond acceptors (Lipinski definition) is 4. The van der Waals surface area contributed by atoms with Gasteiger partial charge in [-0.2, -0.15) is 0 Å². The third kappa shape index (κ3) is 6.34. The van der Waals surface area contributed by atoms with Crippen molar-refractivity contribution in [2.45, 2.75) is 24.9 Å². The van der Waals surface area contributed by atoms with Gasteiger partial charge in [0.15, 0.2) is 0 Å². The highest BCUT2D eigenvalue weighted by Gasteiger charge is 2.31. The molecule has 3 rings (SSSR count). The lowest BCUT2D eigenvalue weighted by molar-refractivity contribution is 0.0230. The molecule has 1 aromatic carbocycles. The van der Waals surface area contributed by atoms with Gasteiger partial charge in [-0.1, -0.05) is 42.5 Å². The maximum atomic E-state index is 12.2. The van der Waals surface area contributed by atoms with Crippen LogP contribution >= 0.6 is 0 Å². The molecule has 0 unspecified atom stereocenters. The number of carbonyl (C=O) groups is 1. The molecule has 6 nitrogen and oxygen atoms in total. The van der Waals surface area contributed by atoms with E-state index < -0.39 is 5.60 Å². The Kier molecular flexibility index (Phi) is 7.26. The van der Waals surface area contributed by atoms with Crippen LogP contribution in [0, 0.1) is 0 Å². The normalized spacial score (nSPS) is 24.7. The molecule has 2 aliphatic heterocycles. The maximum absolute atomic E-state index is 12.2. The van der Waals surface area contributed by atoms with Gasteiger partial charge in [-0.3, -0.25) is 4.90 Å². The van der Waals surface area contributed by atoms with E-state index in [2.05, 4.69) is 34.5 Å². The summed E-state index contributed by atoms with van der Waals surface area (Å²) in [5, 5.41) is 13.8. The fourth-order valence-electron chi connectivity index (χ4n) is 3.61. The van der Waals surface area contributed by atoms with E-state index in [1.165, 1.54) is 5.56 Å². The van der Waals surface area contributed by atoms with Crippen molar-refractivity contribution >= 4 is 12.1 Å². The Bertz CT molecular complexity index is 616. The second kappa shape index (κ2) is 9.88. The average molecular weight is 373 g/mol. The number of urea groups is 1. The topological polar surface area (TPSA) is 65.0 Å². The maximum Gasteiger partial charge on any atom is 0.317 e. The number of likely N-dealkylation sites (tertiary alicyclic amines) is 1. The van der Waals surface area contributed by atoms with E-state index in [9.17, 15) is 9.90 Å². The Morgan fingerprint density at radius 3 is 2.70 bits per heavy atom. The Labute approximate surface area is 161 Å². The van der Waals surface area contributed by atoms with Crippen molar-refractivity contribution in [1.29, 1.82) is 0 Å². The smallest absolute Gasteiger partial charge is 0.317 e. The quantitative estimate of drug-likeness (QED) is 0.828. The van der Waals surface area contributed by atoms with Gasteiger partial charge in [0.05, 0.1) is 18.8 Å². The highest BCUT2D eigenvalue weighted by atomic mass is 16.5. The van der Waals surface area contributed by atoms with Crippen molar-refractivity contribution in [2.75, 3.05) is 52.5 Å². The van der Waals surface area contributed by atoms with Crippen LogP contribution in [0.1, 0.15) is 24.8 Å². The molecule has 27 heavy (non-hydrogen) atoms. The van der Waals surface area contributed by atoms with E-state index in [1.54, 1.807) is 4.90 Å². The number of carbonyl (C=O) groups excluding carboxylic acids is 1. The van der Waals surface area contributed by atoms with Crippen molar-refractivity contribution in [3.05, 3.63) is 42.0 Å². The molecular formula is C21H31N3O3. The molecular weight excluding hydrogens is 342 g/mol. The minimum absolute atomic E-state index is 0.0985. The first-order chi connectivity index (χ1) is 13.1. The molecule has 2 aliphatic rings. The number of ether oxygens (including phenoxy) is 1. The molecule has 2 saturated heterocycles. The number of rotatable bonds is 5. The van der Waals surface area contributed by atoms with Crippen molar-refractivity contribution in [2.24, 2.45) is 0 Å². The van der Waals surface area contributed by atoms with Gasteiger partial charge < -0.3 is 20.1 Å². The summed E-state index contributed by atoms with van der Waals surface area (Å²) in [6.45, 7) is 5.41. The predicted molar refractivity (Wildman–Crippen MR) is 107 cm³/mol. The second-order valence-corrected chi connectivity index (χ2v) is 7.45. The van der Waals surface area contributed by atoms with Crippen molar-refractivity contribution in [3.8, 4) is 0 Å². The van der Waals surface area contributed by atoms with E-state index in [-0.39, 0.29) is 6.03 Å². The van der Waals surface area contributed by atoms with Gasteiger partial charge in [-0.05, 0) is 31.4 Å². The molecule has 0 spiro atoms. The van der Waals surface area contributed by atoms with Crippen LogP contribution in [0.4, 0.5) is 4.79 Å². The summed E-state index contributed by atoms with van der Waals surface area (Å²) in [6.07, 6.45) is 6.65. The summed E-state index contributed by atoms with van der Waals surface area (Å²) >= 11 is 0. The monoisotopic (exact) mass is 373 g/mol. The largest absolute Gasteiger partial charge is 0.388 e. The number of nitrogens with zero attached hydrogens (tertiary/aromatic N) is 2. The number of aliphatic hydroxyl groups is 1. The van der Waals surface area contributed by atoms with Gasteiger partial charge in [0.25, 0.3) is 0 Å². The highest BCUT2D eigenvalue weighted by molar-refractivity contribution is 5.74. The summed E-state index contributed by atoms with van der Waals surface area (Å²) in [7, 11) is 0. The van der Waals surface area contributed by atoms with Gasteiger partial charge in [0.2, 0.25) is 0 Å². The van der Waals surface area contributed by atoms with Crippen LogP contribution in [0.25, 0.3) is 6.08 Å². The number of amides is 2. The van der Waals surface area contributed by atoms with Gasteiger partial charge in [-0.25, -0.2) is 4.79 Å². The van der Waals surface area contributed by atoms with Crippen molar-refractivity contribution < 1.29 is 14.6 Å². The molecule has 1 atom stereocenters.